The fourth-order valence-electron chi connectivity index (χ4n) is 1.62. The minimum Gasteiger partial charge on any atom is -0.487 e. The summed E-state index contributed by atoms with van der Waals surface area (Å²) in [5, 5.41) is 7.71. The summed E-state index contributed by atoms with van der Waals surface area (Å²) in [6.07, 6.45) is 1.76. The van der Waals surface area contributed by atoms with E-state index in [1.807, 2.05) is 0 Å². The van der Waals surface area contributed by atoms with Gasteiger partial charge in [0.25, 0.3) is 0 Å². The molecule has 1 atom stereocenters. The Balaban J connectivity index is 2.13. The summed E-state index contributed by atoms with van der Waals surface area (Å²) in [7, 11) is 1.78. The molecule has 18 heavy (non-hydrogen) atoms. The summed E-state index contributed by atoms with van der Waals surface area (Å²) < 4.78 is 20.3. The van der Waals surface area contributed by atoms with Crippen molar-refractivity contribution in [1.82, 2.24) is 15.0 Å². The number of aromatic nitrogens is 3. The average molecular weight is 250 g/mol. The minimum absolute atomic E-state index is 0.277. The summed E-state index contributed by atoms with van der Waals surface area (Å²) in [5.41, 5.74) is 7.12. The molecule has 0 bridgehead atoms. The summed E-state index contributed by atoms with van der Waals surface area (Å²) in [4.78, 5) is 0. The van der Waals surface area contributed by atoms with Crippen LogP contribution in [0.5, 0.6) is 5.75 Å². The maximum Gasteiger partial charge on any atom is 0.134 e. The van der Waals surface area contributed by atoms with Gasteiger partial charge in [-0.25, -0.2) is 4.39 Å². The Kier molecular flexibility index (Phi) is 3.57. The number of nitrogens with two attached hydrogens (primary N) is 1. The van der Waals surface area contributed by atoms with Crippen LogP contribution in [0.4, 0.5) is 4.39 Å². The molecular formula is C12H15FN4O. The first kappa shape index (κ1) is 12.5. The molecule has 0 aliphatic carbocycles. The van der Waals surface area contributed by atoms with Crippen LogP contribution >= 0.6 is 0 Å². The zero-order valence-electron chi connectivity index (χ0n) is 10.3. The summed E-state index contributed by atoms with van der Waals surface area (Å²) in [6, 6.07) is 4.01. The lowest BCUT2D eigenvalue weighted by Crippen LogP contribution is -2.08. The fraction of sp³-hybridized carbons (Fsp3) is 0.333. The maximum atomic E-state index is 13.1. The van der Waals surface area contributed by atoms with Crippen LogP contribution < -0.4 is 10.5 Å². The highest BCUT2D eigenvalue weighted by Gasteiger charge is 2.10. The van der Waals surface area contributed by atoms with Gasteiger partial charge < -0.3 is 10.5 Å². The second-order valence-corrected chi connectivity index (χ2v) is 4.14. The molecule has 0 amide bonds. The minimum atomic E-state index is -0.325. The first-order chi connectivity index (χ1) is 8.56. The van der Waals surface area contributed by atoms with Gasteiger partial charge in [-0.05, 0) is 25.1 Å². The highest BCUT2D eigenvalue weighted by molar-refractivity contribution is 5.36. The van der Waals surface area contributed by atoms with Crippen LogP contribution in [0.15, 0.2) is 24.4 Å². The van der Waals surface area contributed by atoms with Crippen molar-refractivity contribution in [3.63, 3.8) is 0 Å². The normalized spacial score (nSPS) is 12.4. The van der Waals surface area contributed by atoms with Crippen LogP contribution in [-0.4, -0.2) is 15.0 Å². The highest BCUT2D eigenvalue weighted by Crippen LogP contribution is 2.25. The molecule has 1 aromatic carbocycles. The number of aryl methyl sites for hydroxylation is 1. The van der Waals surface area contributed by atoms with Gasteiger partial charge in [0, 0.05) is 18.7 Å². The van der Waals surface area contributed by atoms with E-state index in [1.54, 1.807) is 30.9 Å². The van der Waals surface area contributed by atoms with Crippen LogP contribution in [0.2, 0.25) is 0 Å². The van der Waals surface area contributed by atoms with Crippen molar-refractivity contribution in [2.24, 2.45) is 12.8 Å². The van der Waals surface area contributed by atoms with Gasteiger partial charge in [-0.15, -0.1) is 5.10 Å². The van der Waals surface area contributed by atoms with E-state index in [2.05, 4.69) is 10.3 Å². The Morgan fingerprint density at radius 1 is 1.50 bits per heavy atom. The maximum absolute atomic E-state index is 13.1. The molecule has 0 radical (unpaired) electrons. The van der Waals surface area contributed by atoms with Crippen molar-refractivity contribution < 1.29 is 9.13 Å². The first-order valence-electron chi connectivity index (χ1n) is 5.59. The summed E-state index contributed by atoms with van der Waals surface area (Å²) >= 11 is 0. The number of benzene rings is 1. The molecule has 1 heterocycles. The quantitative estimate of drug-likeness (QED) is 0.894. The SMILES string of the molecule is C[C@H](N)c1cc(F)ccc1OCc1cn(C)nn1. The number of halogens is 1. The lowest BCUT2D eigenvalue weighted by molar-refractivity contribution is 0.296. The van der Waals surface area contributed by atoms with Crippen LogP contribution in [0.25, 0.3) is 0 Å². The topological polar surface area (TPSA) is 66.0 Å². The van der Waals surface area contributed by atoms with Gasteiger partial charge >= 0.3 is 0 Å². The van der Waals surface area contributed by atoms with E-state index in [9.17, 15) is 4.39 Å². The van der Waals surface area contributed by atoms with Crippen LogP contribution in [0.3, 0.4) is 0 Å². The predicted molar refractivity (Wildman–Crippen MR) is 64.3 cm³/mol. The number of ether oxygens (including phenoxy) is 1. The monoisotopic (exact) mass is 250 g/mol. The third-order valence-corrected chi connectivity index (χ3v) is 2.49. The number of nitrogens with zero attached hydrogens (tertiary/aromatic N) is 3. The van der Waals surface area contributed by atoms with E-state index in [0.29, 0.717) is 17.0 Å². The highest BCUT2D eigenvalue weighted by atomic mass is 19.1. The van der Waals surface area contributed by atoms with E-state index < -0.39 is 0 Å². The Labute approximate surface area is 104 Å². The molecule has 0 saturated carbocycles. The Morgan fingerprint density at radius 3 is 2.89 bits per heavy atom. The van der Waals surface area contributed by atoms with Crippen molar-refractivity contribution in [2.75, 3.05) is 0 Å². The molecule has 0 fully saturated rings. The Morgan fingerprint density at radius 2 is 2.28 bits per heavy atom. The second kappa shape index (κ2) is 5.14. The second-order valence-electron chi connectivity index (χ2n) is 4.14. The van der Waals surface area contributed by atoms with Gasteiger partial charge in [-0.3, -0.25) is 4.68 Å². The van der Waals surface area contributed by atoms with Gasteiger partial charge in [0.05, 0.1) is 6.20 Å². The molecule has 2 rings (SSSR count). The number of hydrogen-bond acceptors (Lipinski definition) is 4. The van der Waals surface area contributed by atoms with Gasteiger partial charge in [-0.2, -0.15) is 0 Å². The van der Waals surface area contributed by atoms with Crippen molar-refractivity contribution in [2.45, 2.75) is 19.6 Å². The van der Waals surface area contributed by atoms with Crippen molar-refractivity contribution in [1.29, 1.82) is 0 Å². The number of rotatable bonds is 4. The first-order valence-corrected chi connectivity index (χ1v) is 5.59. The zero-order valence-corrected chi connectivity index (χ0v) is 10.3. The van der Waals surface area contributed by atoms with Gasteiger partial charge in [0.1, 0.15) is 23.9 Å². The van der Waals surface area contributed by atoms with Gasteiger partial charge in [0.15, 0.2) is 0 Å². The molecule has 5 nitrogen and oxygen atoms in total. The van der Waals surface area contributed by atoms with Gasteiger partial charge in [0.2, 0.25) is 0 Å². The lowest BCUT2D eigenvalue weighted by atomic mass is 10.1. The smallest absolute Gasteiger partial charge is 0.134 e. The molecule has 0 aliphatic heterocycles. The summed E-state index contributed by atoms with van der Waals surface area (Å²) in [5.74, 6) is 0.242. The van der Waals surface area contributed by atoms with Crippen molar-refractivity contribution in [3.8, 4) is 5.75 Å². The van der Waals surface area contributed by atoms with E-state index in [4.69, 9.17) is 10.5 Å². The molecule has 6 heteroatoms. The molecule has 2 N–H and O–H groups in total. The molecule has 1 aromatic heterocycles. The lowest BCUT2D eigenvalue weighted by Gasteiger charge is -2.13. The molecule has 96 valence electrons. The van der Waals surface area contributed by atoms with E-state index in [1.165, 1.54) is 12.1 Å². The zero-order chi connectivity index (χ0) is 13.1. The molecular weight excluding hydrogens is 235 g/mol. The van der Waals surface area contributed by atoms with Gasteiger partial charge in [-0.1, -0.05) is 5.21 Å². The van der Waals surface area contributed by atoms with E-state index >= 15 is 0 Å². The average Bonchev–Trinajstić information content (AvgIpc) is 2.73. The van der Waals surface area contributed by atoms with Crippen LogP contribution in [0, 0.1) is 5.82 Å². The standard InChI is InChI=1S/C12H15FN4O/c1-8(14)11-5-9(13)3-4-12(11)18-7-10-6-17(2)16-15-10/h3-6,8H,7,14H2,1-2H3/t8-/m0/s1. The van der Waals surface area contributed by atoms with E-state index in [-0.39, 0.29) is 18.5 Å². The molecule has 0 aliphatic rings. The van der Waals surface area contributed by atoms with Crippen molar-refractivity contribution in [3.05, 3.63) is 41.5 Å². The summed E-state index contributed by atoms with van der Waals surface area (Å²) in [6.45, 7) is 2.06. The fourth-order valence-corrected chi connectivity index (χ4v) is 1.62. The largest absolute Gasteiger partial charge is 0.487 e. The van der Waals surface area contributed by atoms with Crippen molar-refractivity contribution >= 4 is 0 Å². The molecule has 2 aromatic rings. The van der Waals surface area contributed by atoms with E-state index in [0.717, 1.165) is 0 Å². The predicted octanol–water partition coefficient (Wildman–Crippen LogP) is 1.55. The molecule has 0 unspecified atom stereocenters. The van der Waals surface area contributed by atoms with Crippen LogP contribution in [-0.2, 0) is 13.7 Å². The Bertz CT molecular complexity index is 539. The molecule has 0 spiro atoms. The molecule has 0 saturated heterocycles. The third kappa shape index (κ3) is 2.84. The Hall–Kier alpha value is -1.95. The number of hydrogen-bond donors (Lipinski definition) is 1. The van der Waals surface area contributed by atoms with Crippen LogP contribution in [0.1, 0.15) is 24.2 Å². The third-order valence-electron chi connectivity index (χ3n) is 2.49.